The molecular weight excluding hydrogens is 809 g/mol. The maximum Gasteiger partial charge on any atom is 0.137 e. The highest BCUT2D eigenvalue weighted by atomic mass is 16.5. The summed E-state index contributed by atoms with van der Waals surface area (Å²) in [5.74, 6) is 2.93. The molecule has 0 aliphatic carbocycles. The average Bonchev–Trinajstić information content (AvgIpc) is 3.34. The summed E-state index contributed by atoms with van der Waals surface area (Å²) in [5, 5.41) is 0. The topological polar surface area (TPSA) is 123 Å². The molecule has 16 heterocycles. The summed E-state index contributed by atoms with van der Waals surface area (Å²) in [5.41, 5.74) is 11.4. The second kappa shape index (κ2) is 23.5. The Morgan fingerprint density at radius 2 is 0.516 bits per heavy atom. The Morgan fingerprint density at radius 1 is 0.312 bits per heavy atom. The fourth-order valence-electron chi connectivity index (χ4n) is 6.97. The van der Waals surface area contributed by atoms with Crippen LogP contribution in [-0.4, -0.2) is 107 Å². The van der Waals surface area contributed by atoms with E-state index < -0.39 is 0 Å². The first-order valence-corrected chi connectivity index (χ1v) is 20.8. The van der Waals surface area contributed by atoms with Crippen molar-refractivity contribution in [2.24, 2.45) is 20.0 Å². The third kappa shape index (κ3) is 12.1. The first-order chi connectivity index (χ1) is 31.6. The standard InChI is InChI=1S/C52H52N4O8/c1-57-49-25-46-42-15-7-38(8-16-42)30-54-34-62-23-24-64-36-56-32-40-11-19-44(20-12-40)48-28-51(59-3)47(27-52(48)60-4)43-17-9-39(10-18-43)31-55-35-63-22-21-61-33-53-29-37-5-13-41(14-6-37)45(49)26-50(46)58-2/h5-20,25-32H,21-24,33-36H2,1-4H3. The van der Waals surface area contributed by atoms with Crippen molar-refractivity contribution in [2.45, 2.75) is 0 Å². The molecule has 0 atom stereocenters. The summed E-state index contributed by atoms with van der Waals surface area (Å²) in [6, 6.07) is 40.4. The van der Waals surface area contributed by atoms with Crippen molar-refractivity contribution in [1.29, 1.82) is 0 Å². The molecule has 12 nitrogen and oxygen atoms in total. The van der Waals surface area contributed by atoms with Crippen LogP contribution in [0.2, 0.25) is 0 Å². The van der Waals surface area contributed by atoms with Crippen LogP contribution in [0.4, 0.5) is 0 Å². The predicted octanol–water partition coefficient (Wildman–Crippen LogP) is 9.67. The molecule has 0 saturated carbocycles. The zero-order chi connectivity index (χ0) is 44.4. The van der Waals surface area contributed by atoms with E-state index in [0.717, 1.165) is 89.8 Å². The fraction of sp³-hybridized carbons (Fsp3) is 0.231. The summed E-state index contributed by atoms with van der Waals surface area (Å²) in [6.45, 7) is 2.44. The van der Waals surface area contributed by atoms with E-state index >= 15 is 0 Å². The molecule has 16 aliphatic rings. The van der Waals surface area contributed by atoms with Gasteiger partial charge in [-0.15, -0.1) is 0 Å². The number of methoxy groups -OCH3 is 4. The molecule has 6 aromatic carbocycles. The number of rotatable bonds is 4. The minimum absolute atomic E-state index is 0.216. The predicted molar refractivity (Wildman–Crippen MR) is 254 cm³/mol. The van der Waals surface area contributed by atoms with E-state index in [4.69, 9.17) is 37.9 Å². The Hall–Kier alpha value is -6.96. The van der Waals surface area contributed by atoms with Gasteiger partial charge in [0.2, 0.25) is 0 Å². The summed E-state index contributed by atoms with van der Waals surface area (Å²) in [6.07, 6.45) is 7.15. The second-order valence-electron chi connectivity index (χ2n) is 14.4. The fourth-order valence-corrected chi connectivity index (χ4v) is 6.97. The van der Waals surface area contributed by atoms with Crippen LogP contribution in [0.5, 0.6) is 23.0 Å². The smallest absolute Gasteiger partial charge is 0.137 e. The maximum atomic E-state index is 5.86. The Labute approximate surface area is 374 Å². The van der Waals surface area contributed by atoms with Gasteiger partial charge in [-0.3, -0.25) is 20.0 Å². The molecule has 0 fully saturated rings. The highest BCUT2D eigenvalue weighted by Crippen LogP contribution is 2.42. The molecule has 0 radical (unpaired) electrons. The Kier molecular flexibility index (Phi) is 16.5. The lowest BCUT2D eigenvalue weighted by Gasteiger charge is -2.16. The van der Waals surface area contributed by atoms with Crippen LogP contribution in [0.3, 0.4) is 0 Å². The largest absolute Gasteiger partial charge is 0.496 e. The van der Waals surface area contributed by atoms with Crippen molar-refractivity contribution >= 4 is 24.9 Å². The second-order valence-corrected chi connectivity index (χ2v) is 14.4. The summed E-state index contributed by atoms with van der Waals surface area (Å²) < 4.78 is 46.0. The molecule has 16 aliphatic heterocycles. The zero-order valence-corrected chi connectivity index (χ0v) is 36.6. The van der Waals surface area contributed by atoms with Crippen molar-refractivity contribution in [1.82, 2.24) is 0 Å². The van der Waals surface area contributed by atoms with Gasteiger partial charge in [-0.1, -0.05) is 97.1 Å². The van der Waals surface area contributed by atoms with E-state index in [2.05, 4.69) is 20.0 Å². The monoisotopic (exact) mass is 860 g/mol. The normalized spacial score (nSPS) is 14.2. The van der Waals surface area contributed by atoms with Crippen molar-refractivity contribution in [2.75, 3.05) is 81.8 Å². The minimum Gasteiger partial charge on any atom is -0.496 e. The van der Waals surface area contributed by atoms with Crippen LogP contribution in [0, 0.1) is 0 Å². The van der Waals surface area contributed by atoms with Gasteiger partial charge < -0.3 is 37.9 Å². The molecule has 64 heavy (non-hydrogen) atoms. The van der Waals surface area contributed by atoms with Crippen molar-refractivity contribution in [3.8, 4) is 67.5 Å². The quantitative estimate of drug-likeness (QED) is 0.172. The minimum atomic E-state index is 0.216. The molecule has 0 amide bonds. The van der Waals surface area contributed by atoms with Gasteiger partial charge in [0.25, 0.3) is 0 Å². The molecule has 328 valence electrons. The molecule has 6 aromatic rings. The van der Waals surface area contributed by atoms with E-state index in [1.165, 1.54) is 0 Å². The van der Waals surface area contributed by atoms with E-state index in [-0.39, 0.29) is 26.9 Å². The molecule has 12 bridgehead atoms. The number of ether oxygens (including phenoxy) is 8. The lowest BCUT2D eigenvalue weighted by Crippen LogP contribution is -2.04. The molecule has 0 unspecified atom stereocenters. The first-order valence-electron chi connectivity index (χ1n) is 20.8. The Bertz CT molecular complexity index is 2180. The van der Waals surface area contributed by atoms with Gasteiger partial charge in [0.15, 0.2) is 0 Å². The van der Waals surface area contributed by atoms with Gasteiger partial charge in [-0.05, 0) is 68.8 Å². The molecule has 0 spiro atoms. The third-order valence-electron chi connectivity index (χ3n) is 10.3. The Morgan fingerprint density at radius 3 is 0.703 bits per heavy atom. The van der Waals surface area contributed by atoms with E-state index in [1.54, 1.807) is 53.3 Å². The molecule has 0 N–H and O–H groups in total. The SMILES string of the molecule is COc1cc2c(OC)cc1-c1ccc(cc1)C=NCOCCOCN=Cc1ccc(cc1)-c1cc(OC)c(cc1OC)-c1ccc(cc1)C=NCOCCOCN=Cc1ccc-2cc1. The lowest BCUT2D eigenvalue weighted by atomic mass is 9.97. The van der Waals surface area contributed by atoms with Crippen LogP contribution < -0.4 is 18.9 Å². The van der Waals surface area contributed by atoms with E-state index in [0.29, 0.717) is 26.4 Å². The molecular formula is C52H52N4O8. The van der Waals surface area contributed by atoms with Gasteiger partial charge >= 0.3 is 0 Å². The maximum absolute atomic E-state index is 5.86. The molecule has 12 heteroatoms. The molecule has 0 saturated heterocycles. The van der Waals surface area contributed by atoms with Crippen LogP contribution in [0.25, 0.3) is 44.5 Å². The summed E-state index contributed by atoms with van der Waals surface area (Å²) in [7, 11) is 6.69. The first kappa shape index (κ1) is 45.1. The zero-order valence-electron chi connectivity index (χ0n) is 36.6. The summed E-state index contributed by atoms with van der Waals surface area (Å²) >= 11 is 0. The number of nitrogens with zero attached hydrogens (tertiary/aromatic N) is 4. The van der Waals surface area contributed by atoms with Crippen LogP contribution in [0.1, 0.15) is 22.3 Å². The number of hydrogen-bond acceptors (Lipinski definition) is 12. The lowest BCUT2D eigenvalue weighted by molar-refractivity contribution is 0.0543. The van der Waals surface area contributed by atoms with Crippen molar-refractivity contribution in [3.05, 3.63) is 144 Å². The van der Waals surface area contributed by atoms with Gasteiger partial charge in [0.05, 0.1) is 54.9 Å². The van der Waals surface area contributed by atoms with Gasteiger partial charge in [-0.2, -0.15) is 0 Å². The summed E-state index contributed by atoms with van der Waals surface area (Å²) in [4.78, 5) is 17.7. The Balaban J connectivity index is 1.03. The number of hydrogen-bond donors (Lipinski definition) is 0. The van der Waals surface area contributed by atoms with Crippen LogP contribution in [-0.2, 0) is 18.9 Å². The highest BCUT2D eigenvalue weighted by Gasteiger charge is 2.16. The third-order valence-corrected chi connectivity index (χ3v) is 10.3. The van der Waals surface area contributed by atoms with Gasteiger partial charge in [0.1, 0.15) is 49.9 Å². The van der Waals surface area contributed by atoms with Crippen LogP contribution in [0.15, 0.2) is 141 Å². The molecule has 0 aromatic heterocycles. The van der Waals surface area contributed by atoms with E-state index in [9.17, 15) is 0 Å². The van der Waals surface area contributed by atoms with Crippen molar-refractivity contribution in [3.63, 3.8) is 0 Å². The number of benzene rings is 6. The molecule has 22 rings (SSSR count). The van der Waals surface area contributed by atoms with Crippen LogP contribution >= 0.6 is 0 Å². The van der Waals surface area contributed by atoms with Crippen molar-refractivity contribution < 1.29 is 37.9 Å². The number of aliphatic imine (C=N–C) groups is 4. The highest BCUT2D eigenvalue weighted by molar-refractivity contribution is 5.87. The van der Waals surface area contributed by atoms with Gasteiger partial charge in [0, 0.05) is 47.1 Å². The van der Waals surface area contributed by atoms with E-state index in [1.807, 2.05) is 121 Å². The average molecular weight is 861 g/mol. The van der Waals surface area contributed by atoms with Gasteiger partial charge in [-0.25, -0.2) is 0 Å².